The average Bonchev–Trinajstić information content (AvgIpc) is 3.65. The van der Waals surface area contributed by atoms with Crippen LogP contribution in [0.3, 0.4) is 0 Å². The van der Waals surface area contributed by atoms with Gasteiger partial charge < -0.3 is 14.2 Å². The van der Waals surface area contributed by atoms with Gasteiger partial charge in [-0.2, -0.15) is 0 Å². The Kier molecular flexibility index (Phi) is 8.62. The molecule has 35 heavy (non-hydrogen) atoms. The first-order chi connectivity index (χ1) is 17.1. The highest BCUT2D eigenvalue weighted by Gasteiger charge is 2.44. The third-order valence-electron chi connectivity index (χ3n) is 7.37. The Labute approximate surface area is 208 Å². The lowest BCUT2D eigenvalue weighted by atomic mass is 9.77. The molecule has 0 amide bonds. The number of carbonyl (C=O) groups is 2. The number of hydrogen-bond donors (Lipinski definition) is 0. The third kappa shape index (κ3) is 7.45. The second-order valence-electron chi connectivity index (χ2n) is 9.89. The third-order valence-corrected chi connectivity index (χ3v) is 7.37. The molecule has 2 aliphatic carbocycles. The molecule has 0 atom stereocenters. The Hall–Kier alpha value is -3.08. The van der Waals surface area contributed by atoms with Gasteiger partial charge in [-0.1, -0.05) is 18.7 Å². The summed E-state index contributed by atoms with van der Waals surface area (Å²) >= 11 is 0. The Bertz CT molecular complexity index is 978. The fourth-order valence-electron chi connectivity index (χ4n) is 4.88. The normalized spacial score (nSPS) is 16.5. The first-order valence-electron chi connectivity index (χ1n) is 12.9. The second-order valence-corrected chi connectivity index (χ2v) is 9.89. The maximum absolute atomic E-state index is 12.5. The minimum absolute atomic E-state index is 0.366. The van der Waals surface area contributed by atoms with Crippen LogP contribution in [0.2, 0.25) is 0 Å². The smallest absolute Gasteiger partial charge is 0.343 e. The highest BCUT2D eigenvalue weighted by Crippen LogP contribution is 2.58. The highest BCUT2D eigenvalue weighted by atomic mass is 16.5. The standard InChI is InChI=1S/C30H36O5/c1-2-28(31)34-22-6-4-3-5-21-33-26-11-9-25(10-12-26)29(32)35-27-13-7-23(8-14-27)24-15-17-30(18-16-24)19-20-30/h2,7-14,24H,1,3-6,15-22H2. The van der Waals surface area contributed by atoms with Crippen LogP contribution in [0.4, 0.5) is 0 Å². The van der Waals surface area contributed by atoms with Gasteiger partial charge in [0.05, 0.1) is 18.8 Å². The van der Waals surface area contributed by atoms with Crippen LogP contribution in [0.15, 0.2) is 61.2 Å². The van der Waals surface area contributed by atoms with Gasteiger partial charge in [0.15, 0.2) is 0 Å². The predicted molar refractivity (Wildman–Crippen MR) is 136 cm³/mol. The van der Waals surface area contributed by atoms with Crippen molar-refractivity contribution < 1.29 is 23.8 Å². The van der Waals surface area contributed by atoms with Gasteiger partial charge in [-0.3, -0.25) is 0 Å². The molecule has 0 bridgehead atoms. The van der Waals surface area contributed by atoms with Gasteiger partial charge in [-0.15, -0.1) is 0 Å². The summed E-state index contributed by atoms with van der Waals surface area (Å²) in [6.45, 7) is 4.39. The fourth-order valence-corrected chi connectivity index (χ4v) is 4.88. The van der Waals surface area contributed by atoms with Crippen molar-refractivity contribution in [2.75, 3.05) is 13.2 Å². The van der Waals surface area contributed by atoms with Crippen molar-refractivity contribution >= 4 is 11.9 Å². The summed E-state index contributed by atoms with van der Waals surface area (Å²) in [5.74, 6) is 1.20. The Morgan fingerprint density at radius 3 is 2.09 bits per heavy atom. The molecule has 0 aromatic heterocycles. The quantitative estimate of drug-likeness (QED) is 0.143. The molecule has 2 fully saturated rings. The monoisotopic (exact) mass is 476 g/mol. The molecule has 186 valence electrons. The Morgan fingerprint density at radius 2 is 1.46 bits per heavy atom. The number of rotatable bonds is 12. The fraction of sp³-hybridized carbons (Fsp3) is 0.467. The van der Waals surface area contributed by atoms with E-state index in [1.165, 1.54) is 50.2 Å². The molecule has 0 radical (unpaired) electrons. The summed E-state index contributed by atoms with van der Waals surface area (Å²) in [5, 5.41) is 0. The first kappa shape index (κ1) is 25.0. The number of esters is 2. The van der Waals surface area contributed by atoms with Crippen LogP contribution in [0, 0.1) is 5.41 Å². The van der Waals surface area contributed by atoms with Crippen molar-refractivity contribution in [3.05, 3.63) is 72.3 Å². The van der Waals surface area contributed by atoms with Crippen molar-refractivity contribution in [1.82, 2.24) is 0 Å². The van der Waals surface area contributed by atoms with E-state index >= 15 is 0 Å². The molecule has 0 saturated heterocycles. The largest absolute Gasteiger partial charge is 0.494 e. The molecule has 5 nitrogen and oxygen atoms in total. The molecule has 5 heteroatoms. The van der Waals surface area contributed by atoms with E-state index in [1.54, 1.807) is 24.3 Å². The minimum atomic E-state index is -0.376. The van der Waals surface area contributed by atoms with Gasteiger partial charge in [-0.25, -0.2) is 9.59 Å². The number of unbranched alkanes of at least 4 members (excludes halogenated alkanes) is 3. The zero-order valence-electron chi connectivity index (χ0n) is 20.5. The van der Waals surface area contributed by atoms with E-state index in [-0.39, 0.29) is 11.9 Å². The first-order valence-corrected chi connectivity index (χ1v) is 12.9. The number of hydrogen-bond acceptors (Lipinski definition) is 5. The molecule has 0 unspecified atom stereocenters. The van der Waals surface area contributed by atoms with Gasteiger partial charge in [0.2, 0.25) is 0 Å². The molecule has 2 aromatic carbocycles. The van der Waals surface area contributed by atoms with Gasteiger partial charge in [0.25, 0.3) is 0 Å². The summed E-state index contributed by atoms with van der Waals surface area (Å²) in [7, 11) is 0. The zero-order chi connectivity index (χ0) is 24.5. The Balaban J connectivity index is 1.14. The predicted octanol–water partition coefficient (Wildman–Crippen LogP) is 7.01. The number of carbonyl (C=O) groups excluding carboxylic acids is 2. The van der Waals surface area contributed by atoms with E-state index in [4.69, 9.17) is 14.2 Å². The van der Waals surface area contributed by atoms with Crippen molar-refractivity contribution in [2.24, 2.45) is 5.41 Å². The molecule has 4 rings (SSSR count). The van der Waals surface area contributed by atoms with Gasteiger partial charge in [-0.05, 0) is 118 Å². The van der Waals surface area contributed by atoms with Crippen LogP contribution < -0.4 is 9.47 Å². The summed E-state index contributed by atoms with van der Waals surface area (Å²) in [4.78, 5) is 23.5. The highest BCUT2D eigenvalue weighted by molar-refractivity contribution is 5.91. The van der Waals surface area contributed by atoms with E-state index in [0.29, 0.717) is 35.9 Å². The lowest BCUT2D eigenvalue weighted by molar-refractivity contribution is -0.137. The van der Waals surface area contributed by atoms with Gasteiger partial charge in [0.1, 0.15) is 11.5 Å². The summed E-state index contributed by atoms with van der Waals surface area (Å²) in [6.07, 6.45) is 13.0. The molecular weight excluding hydrogens is 440 g/mol. The molecule has 1 spiro atoms. The molecule has 0 aliphatic heterocycles. The zero-order valence-corrected chi connectivity index (χ0v) is 20.5. The average molecular weight is 477 g/mol. The molecule has 0 heterocycles. The van der Waals surface area contributed by atoms with E-state index in [1.807, 2.05) is 12.1 Å². The van der Waals surface area contributed by atoms with Crippen LogP contribution in [0.1, 0.15) is 86.0 Å². The lowest BCUT2D eigenvalue weighted by Gasteiger charge is -2.28. The van der Waals surface area contributed by atoms with Crippen LogP contribution in [0.5, 0.6) is 11.5 Å². The maximum atomic E-state index is 12.5. The molecule has 2 aromatic rings. The van der Waals surface area contributed by atoms with Crippen LogP contribution >= 0.6 is 0 Å². The van der Waals surface area contributed by atoms with Crippen molar-refractivity contribution in [3.8, 4) is 11.5 Å². The number of benzene rings is 2. The van der Waals surface area contributed by atoms with Crippen LogP contribution in [-0.2, 0) is 9.53 Å². The SMILES string of the molecule is C=CC(=O)OCCCCCCOc1ccc(C(=O)Oc2ccc(C3CCC4(CC3)CC4)cc2)cc1. The van der Waals surface area contributed by atoms with Crippen molar-refractivity contribution in [1.29, 1.82) is 0 Å². The van der Waals surface area contributed by atoms with E-state index < -0.39 is 0 Å². The van der Waals surface area contributed by atoms with Gasteiger partial charge >= 0.3 is 11.9 Å². The molecule has 2 aliphatic rings. The molecular formula is C30H36O5. The lowest BCUT2D eigenvalue weighted by Crippen LogP contribution is -2.14. The topological polar surface area (TPSA) is 61.8 Å². The van der Waals surface area contributed by atoms with Crippen LogP contribution in [-0.4, -0.2) is 25.2 Å². The summed E-state index contributed by atoms with van der Waals surface area (Å²) in [5.41, 5.74) is 2.56. The van der Waals surface area contributed by atoms with E-state index in [2.05, 4.69) is 18.7 Å². The van der Waals surface area contributed by atoms with Crippen LogP contribution in [0.25, 0.3) is 0 Å². The summed E-state index contributed by atoms with van der Waals surface area (Å²) in [6, 6.07) is 15.1. The molecule has 2 saturated carbocycles. The summed E-state index contributed by atoms with van der Waals surface area (Å²) < 4.78 is 16.3. The Morgan fingerprint density at radius 1 is 0.829 bits per heavy atom. The van der Waals surface area contributed by atoms with Crippen molar-refractivity contribution in [2.45, 2.75) is 70.1 Å². The van der Waals surface area contributed by atoms with E-state index in [0.717, 1.165) is 31.4 Å². The molecule has 0 N–H and O–H groups in total. The van der Waals surface area contributed by atoms with Gasteiger partial charge in [0, 0.05) is 6.08 Å². The second kappa shape index (κ2) is 12.1. The maximum Gasteiger partial charge on any atom is 0.343 e. The van der Waals surface area contributed by atoms with Crippen molar-refractivity contribution in [3.63, 3.8) is 0 Å². The van der Waals surface area contributed by atoms with E-state index in [9.17, 15) is 9.59 Å². The number of ether oxygens (including phenoxy) is 3. The minimum Gasteiger partial charge on any atom is -0.494 e.